The number of hydrogen-bond acceptors (Lipinski definition) is 5. The molecule has 1 aromatic carbocycles. The van der Waals surface area contributed by atoms with Gasteiger partial charge in [-0.05, 0) is 38.1 Å². The third-order valence-electron chi connectivity index (χ3n) is 3.01. The predicted octanol–water partition coefficient (Wildman–Crippen LogP) is 1.79. The second kappa shape index (κ2) is 6.68. The molecule has 0 unspecified atom stereocenters. The Kier molecular flexibility index (Phi) is 6.09. The average Bonchev–Trinajstić information content (AvgIpc) is 2.33. The van der Waals surface area contributed by atoms with Crippen LogP contribution in [0.15, 0.2) is 32.9 Å². The molecule has 0 bridgehead atoms. The molecule has 3 nitrogen and oxygen atoms in total. The maximum Gasteiger partial charge on any atom is 0.182 e. The van der Waals surface area contributed by atoms with Crippen molar-refractivity contribution < 1.29 is 25.5 Å². The number of sulfone groups is 1. The summed E-state index contributed by atoms with van der Waals surface area (Å²) >= 11 is 8.46. The fourth-order valence-electron chi connectivity index (χ4n) is 2.03. The van der Waals surface area contributed by atoms with E-state index in [1.807, 2.05) is 0 Å². The minimum Gasteiger partial charge on any atom is -0.317 e. The van der Waals surface area contributed by atoms with Crippen molar-refractivity contribution in [2.75, 3.05) is 13.1 Å². The summed E-state index contributed by atoms with van der Waals surface area (Å²) in [7, 11) is -3.28. The van der Waals surface area contributed by atoms with Crippen LogP contribution in [0.3, 0.4) is 0 Å². The topological polar surface area (TPSA) is 46.2 Å². The largest absolute Gasteiger partial charge is 0.317 e. The van der Waals surface area contributed by atoms with Crippen LogP contribution in [0.2, 0.25) is 0 Å². The summed E-state index contributed by atoms with van der Waals surface area (Å²) in [6, 6.07) is 5.06. The van der Waals surface area contributed by atoms with Crippen LogP contribution in [0.25, 0.3) is 0 Å². The molecular weight excluding hydrogens is 338 g/mol. The van der Waals surface area contributed by atoms with E-state index in [1.54, 1.807) is 18.2 Å². The minimum atomic E-state index is -3.28. The summed E-state index contributed by atoms with van der Waals surface area (Å²) in [5.41, 5.74) is 0. The van der Waals surface area contributed by atoms with Crippen LogP contribution in [0, 0.1) is 0 Å². The first-order valence-corrected chi connectivity index (χ1v) is 7.93. The third-order valence-corrected chi connectivity index (χ3v) is 6.49. The molecule has 0 aliphatic carbocycles. The van der Waals surface area contributed by atoms with Gasteiger partial charge in [0, 0.05) is 26.9 Å². The Balaban J connectivity index is 0.00000162. The first kappa shape index (κ1) is 16.4. The summed E-state index contributed by atoms with van der Waals surface area (Å²) in [5.74, 6) is 0. The SMILES string of the molecule is O=S(=O)(c1cccc(S)c1S)C1CCNCC1.[Cu]. The second-order valence-corrected chi connectivity index (χ2v) is 7.24. The minimum absolute atomic E-state index is 0. The van der Waals surface area contributed by atoms with Gasteiger partial charge in [-0.2, -0.15) is 0 Å². The van der Waals surface area contributed by atoms with E-state index in [-0.39, 0.29) is 22.3 Å². The summed E-state index contributed by atoms with van der Waals surface area (Å²) in [6.07, 6.45) is 1.32. The van der Waals surface area contributed by atoms with Crippen molar-refractivity contribution in [3.63, 3.8) is 0 Å². The van der Waals surface area contributed by atoms with Gasteiger partial charge in [-0.25, -0.2) is 8.42 Å². The number of nitrogens with one attached hydrogen (secondary N) is 1. The van der Waals surface area contributed by atoms with Crippen molar-refractivity contribution >= 4 is 35.1 Å². The van der Waals surface area contributed by atoms with E-state index in [4.69, 9.17) is 0 Å². The van der Waals surface area contributed by atoms with Crippen LogP contribution in [-0.2, 0) is 26.9 Å². The van der Waals surface area contributed by atoms with Crippen molar-refractivity contribution in [3.05, 3.63) is 18.2 Å². The first-order valence-electron chi connectivity index (χ1n) is 5.49. The molecule has 105 valence electrons. The Labute approximate surface area is 129 Å². The molecule has 1 heterocycles. The number of hydrogen-bond donors (Lipinski definition) is 3. The molecule has 0 saturated carbocycles. The van der Waals surface area contributed by atoms with E-state index in [2.05, 4.69) is 30.6 Å². The number of piperidine rings is 1. The second-order valence-electron chi connectivity index (χ2n) is 4.12. The molecule has 1 radical (unpaired) electrons. The van der Waals surface area contributed by atoms with E-state index < -0.39 is 9.84 Å². The van der Waals surface area contributed by atoms with E-state index in [9.17, 15) is 8.42 Å². The van der Waals surface area contributed by atoms with Gasteiger partial charge in [0.05, 0.1) is 10.1 Å². The molecule has 1 aromatic rings. The zero-order valence-electron chi connectivity index (χ0n) is 9.56. The third kappa shape index (κ3) is 3.26. The van der Waals surface area contributed by atoms with Gasteiger partial charge in [0.25, 0.3) is 0 Å². The van der Waals surface area contributed by atoms with Crippen molar-refractivity contribution in [2.45, 2.75) is 32.8 Å². The zero-order valence-corrected chi connectivity index (χ0v) is 13.1. The Bertz CT molecular complexity index is 513. The molecule has 1 aliphatic rings. The summed E-state index contributed by atoms with van der Waals surface area (Å²) in [4.78, 5) is 1.36. The van der Waals surface area contributed by atoms with Crippen molar-refractivity contribution in [1.29, 1.82) is 0 Å². The predicted molar refractivity (Wildman–Crippen MR) is 74.0 cm³/mol. The Morgan fingerprint density at radius 2 is 1.78 bits per heavy atom. The quantitative estimate of drug-likeness (QED) is 0.561. The van der Waals surface area contributed by atoms with Gasteiger partial charge in [-0.1, -0.05) is 6.07 Å². The van der Waals surface area contributed by atoms with Gasteiger partial charge in [0.15, 0.2) is 9.84 Å². The van der Waals surface area contributed by atoms with Crippen LogP contribution in [0.1, 0.15) is 12.8 Å². The number of thiol groups is 2. The van der Waals surface area contributed by atoms with E-state index in [1.165, 1.54) is 0 Å². The fraction of sp³-hybridized carbons (Fsp3) is 0.455. The van der Waals surface area contributed by atoms with E-state index >= 15 is 0 Å². The fourth-order valence-corrected chi connectivity index (χ4v) is 4.70. The van der Waals surface area contributed by atoms with Gasteiger partial charge in [0.1, 0.15) is 0 Å². The molecule has 1 saturated heterocycles. The normalized spacial score (nSPS) is 17.2. The molecule has 2 rings (SSSR count). The summed E-state index contributed by atoms with van der Waals surface area (Å²) in [5, 5.41) is 2.86. The molecule has 0 atom stereocenters. The molecular formula is C11H15CuNO2S3. The number of benzene rings is 1. The zero-order chi connectivity index (χ0) is 12.5. The molecule has 0 amide bonds. The van der Waals surface area contributed by atoms with E-state index in [0.29, 0.717) is 27.5 Å². The molecule has 1 aliphatic heterocycles. The smallest absolute Gasteiger partial charge is 0.182 e. The molecule has 18 heavy (non-hydrogen) atoms. The molecule has 0 aromatic heterocycles. The number of rotatable bonds is 2. The van der Waals surface area contributed by atoms with Crippen LogP contribution in [0.4, 0.5) is 0 Å². The van der Waals surface area contributed by atoms with Crippen molar-refractivity contribution in [2.24, 2.45) is 0 Å². The molecule has 1 N–H and O–H groups in total. The maximum atomic E-state index is 12.4. The Hall–Kier alpha value is 0.349. The van der Waals surface area contributed by atoms with Crippen LogP contribution < -0.4 is 5.32 Å². The van der Waals surface area contributed by atoms with Gasteiger partial charge in [0.2, 0.25) is 0 Å². The summed E-state index contributed by atoms with van der Waals surface area (Å²) < 4.78 is 24.9. The van der Waals surface area contributed by atoms with Gasteiger partial charge >= 0.3 is 0 Å². The van der Waals surface area contributed by atoms with Crippen LogP contribution in [0.5, 0.6) is 0 Å². The molecule has 0 spiro atoms. The monoisotopic (exact) mass is 352 g/mol. The Morgan fingerprint density at radius 1 is 1.17 bits per heavy atom. The Morgan fingerprint density at radius 3 is 2.39 bits per heavy atom. The molecule has 1 fully saturated rings. The van der Waals surface area contributed by atoms with Crippen LogP contribution in [-0.4, -0.2) is 26.8 Å². The van der Waals surface area contributed by atoms with Gasteiger partial charge in [-0.15, -0.1) is 25.3 Å². The first-order chi connectivity index (χ1) is 8.03. The van der Waals surface area contributed by atoms with E-state index in [0.717, 1.165) is 13.1 Å². The van der Waals surface area contributed by atoms with Crippen molar-refractivity contribution in [1.82, 2.24) is 5.32 Å². The maximum absolute atomic E-state index is 12.4. The standard InChI is InChI=1S/C11H15NO2S3.Cu/c13-17(14,8-4-6-12-7-5-8)10-3-1-2-9(15)11(10)16;/h1-3,8,12,15-16H,4-7H2;. The van der Waals surface area contributed by atoms with Crippen molar-refractivity contribution in [3.8, 4) is 0 Å². The van der Waals surface area contributed by atoms with Gasteiger partial charge in [-0.3, -0.25) is 0 Å². The average molecular weight is 353 g/mol. The molecule has 7 heteroatoms. The summed E-state index contributed by atoms with van der Waals surface area (Å²) in [6.45, 7) is 1.51. The van der Waals surface area contributed by atoms with Crippen LogP contribution >= 0.6 is 25.3 Å². The van der Waals surface area contributed by atoms with Gasteiger partial charge < -0.3 is 5.32 Å².